The minimum absolute atomic E-state index is 0.209. The van der Waals surface area contributed by atoms with E-state index in [2.05, 4.69) is 11.6 Å². The first-order chi connectivity index (χ1) is 11.2. The van der Waals surface area contributed by atoms with Gasteiger partial charge in [0.1, 0.15) is 0 Å². The van der Waals surface area contributed by atoms with Crippen LogP contribution in [0.15, 0.2) is 71.1 Å². The van der Waals surface area contributed by atoms with Crippen LogP contribution in [0.5, 0.6) is 0 Å². The van der Waals surface area contributed by atoms with Crippen molar-refractivity contribution in [3.8, 4) is 0 Å². The van der Waals surface area contributed by atoms with E-state index in [4.69, 9.17) is 0 Å². The van der Waals surface area contributed by atoms with E-state index in [-0.39, 0.29) is 5.91 Å². The van der Waals surface area contributed by atoms with E-state index in [1.54, 1.807) is 11.8 Å². The van der Waals surface area contributed by atoms with Gasteiger partial charge in [-0.3, -0.25) is 4.79 Å². The van der Waals surface area contributed by atoms with Crippen molar-refractivity contribution in [2.75, 3.05) is 6.26 Å². The Kier molecular flexibility index (Phi) is 4.79. The number of hydrogen-bond donors (Lipinski definition) is 0. The van der Waals surface area contributed by atoms with Crippen LogP contribution in [0, 0.1) is 0 Å². The molecule has 0 aliphatic carbocycles. The largest absolute Gasteiger partial charge is 0.312 e. The number of hydrogen-bond acceptors (Lipinski definition) is 3. The van der Waals surface area contributed by atoms with E-state index in [1.807, 2.05) is 65.4 Å². The molecule has 5 heteroatoms. The van der Waals surface area contributed by atoms with Crippen LogP contribution in [0.25, 0.3) is 10.2 Å². The van der Waals surface area contributed by atoms with Gasteiger partial charge in [0.25, 0.3) is 5.91 Å². The molecule has 1 amide bonds. The van der Waals surface area contributed by atoms with Gasteiger partial charge < -0.3 is 4.57 Å². The Bertz CT molecular complexity index is 937. The predicted octanol–water partition coefficient (Wildman–Crippen LogP) is 4.35. The molecule has 0 N–H and O–H groups in total. The summed E-state index contributed by atoms with van der Waals surface area (Å²) in [7, 11) is 0. The molecule has 3 nitrogen and oxygen atoms in total. The maximum absolute atomic E-state index is 12.6. The highest BCUT2D eigenvalue weighted by Crippen LogP contribution is 2.21. The zero-order valence-electron chi connectivity index (χ0n) is 12.7. The lowest BCUT2D eigenvalue weighted by Gasteiger charge is -2.03. The van der Waals surface area contributed by atoms with Crippen molar-refractivity contribution in [3.05, 3.63) is 71.6 Å². The molecule has 0 aliphatic rings. The third-order valence-corrected chi connectivity index (χ3v) is 5.29. The number of aromatic nitrogens is 1. The first kappa shape index (κ1) is 15.8. The minimum atomic E-state index is -0.209. The Balaban J connectivity index is 2.15. The number of fused-ring (bicyclic) bond motifs is 1. The summed E-state index contributed by atoms with van der Waals surface area (Å²) in [5.41, 5.74) is 1.71. The number of benzene rings is 2. The molecule has 0 radical (unpaired) electrons. The summed E-state index contributed by atoms with van der Waals surface area (Å²) in [4.78, 5) is 18.6. The lowest BCUT2D eigenvalue weighted by Crippen LogP contribution is -2.16. The summed E-state index contributed by atoms with van der Waals surface area (Å²) in [6, 6.07) is 15.6. The first-order valence-electron chi connectivity index (χ1n) is 7.16. The lowest BCUT2D eigenvalue weighted by atomic mass is 10.2. The standard InChI is InChI=1S/C18H16N2OS2/c1-3-12-20-14-9-5-7-11-16(14)23-18(20)19-17(21)13-8-4-6-10-15(13)22-2/h3-11H,1,12H2,2H3. The Morgan fingerprint density at radius 2 is 2.00 bits per heavy atom. The summed E-state index contributed by atoms with van der Waals surface area (Å²) >= 11 is 3.07. The van der Waals surface area contributed by atoms with E-state index >= 15 is 0 Å². The van der Waals surface area contributed by atoms with Gasteiger partial charge >= 0.3 is 0 Å². The number of allylic oxidation sites excluding steroid dienone is 1. The highest BCUT2D eigenvalue weighted by molar-refractivity contribution is 7.98. The van der Waals surface area contributed by atoms with E-state index in [9.17, 15) is 4.79 Å². The number of carbonyl (C=O) groups excluding carboxylic acids is 1. The molecule has 3 rings (SSSR count). The van der Waals surface area contributed by atoms with E-state index < -0.39 is 0 Å². The summed E-state index contributed by atoms with van der Waals surface area (Å²) in [6.07, 6.45) is 3.78. The summed E-state index contributed by atoms with van der Waals surface area (Å²) in [5, 5.41) is 0. The van der Waals surface area contributed by atoms with Gasteiger partial charge in [0.15, 0.2) is 4.80 Å². The van der Waals surface area contributed by atoms with Crippen LogP contribution in [0.4, 0.5) is 0 Å². The van der Waals surface area contributed by atoms with E-state index in [0.717, 1.165) is 15.1 Å². The molecule has 0 aliphatic heterocycles. The zero-order chi connectivity index (χ0) is 16.2. The number of rotatable bonds is 4. The van der Waals surface area contributed by atoms with Crippen molar-refractivity contribution >= 4 is 39.2 Å². The van der Waals surface area contributed by atoms with E-state index in [0.29, 0.717) is 16.9 Å². The second-order valence-electron chi connectivity index (χ2n) is 4.87. The SMILES string of the molecule is C=CCn1c(=NC(=O)c2ccccc2SC)sc2ccccc21. The third kappa shape index (κ3) is 3.16. The molecule has 1 aromatic heterocycles. The van der Waals surface area contributed by atoms with Gasteiger partial charge in [-0.1, -0.05) is 41.7 Å². The van der Waals surface area contributed by atoms with Crippen LogP contribution in [0.1, 0.15) is 10.4 Å². The van der Waals surface area contributed by atoms with Gasteiger partial charge in [0, 0.05) is 11.4 Å². The number of thioether (sulfide) groups is 1. The smallest absolute Gasteiger partial charge is 0.280 e. The molecule has 3 aromatic rings. The molecule has 0 saturated carbocycles. The van der Waals surface area contributed by atoms with Crippen molar-refractivity contribution in [1.29, 1.82) is 0 Å². The van der Waals surface area contributed by atoms with Crippen molar-refractivity contribution < 1.29 is 4.79 Å². The molecule has 0 atom stereocenters. The molecule has 116 valence electrons. The van der Waals surface area contributed by atoms with Crippen molar-refractivity contribution in [1.82, 2.24) is 4.57 Å². The Morgan fingerprint density at radius 1 is 1.26 bits per heavy atom. The van der Waals surface area contributed by atoms with Crippen LogP contribution in [-0.2, 0) is 6.54 Å². The van der Waals surface area contributed by atoms with Gasteiger partial charge in [0.2, 0.25) is 0 Å². The monoisotopic (exact) mass is 340 g/mol. The normalized spacial score (nSPS) is 11.8. The molecule has 0 saturated heterocycles. The van der Waals surface area contributed by atoms with Crippen LogP contribution in [0.3, 0.4) is 0 Å². The van der Waals surface area contributed by atoms with Gasteiger partial charge in [-0.2, -0.15) is 4.99 Å². The average molecular weight is 340 g/mol. The number of para-hydroxylation sites is 1. The molecular formula is C18H16N2OS2. The number of carbonyl (C=O) groups is 1. The Hall–Kier alpha value is -2.11. The lowest BCUT2D eigenvalue weighted by molar-refractivity contribution is 0.0995. The van der Waals surface area contributed by atoms with Crippen LogP contribution < -0.4 is 4.80 Å². The molecule has 0 spiro atoms. The Labute approximate surface area is 143 Å². The third-order valence-electron chi connectivity index (χ3n) is 3.43. The van der Waals surface area contributed by atoms with Crippen molar-refractivity contribution in [2.24, 2.45) is 4.99 Å². The van der Waals surface area contributed by atoms with Crippen molar-refractivity contribution in [3.63, 3.8) is 0 Å². The van der Waals surface area contributed by atoms with Crippen LogP contribution >= 0.6 is 23.1 Å². The maximum Gasteiger partial charge on any atom is 0.280 e. The summed E-state index contributed by atoms with van der Waals surface area (Å²) in [6.45, 7) is 4.43. The fourth-order valence-electron chi connectivity index (χ4n) is 2.38. The van der Waals surface area contributed by atoms with Crippen molar-refractivity contribution in [2.45, 2.75) is 11.4 Å². The second kappa shape index (κ2) is 6.98. The van der Waals surface area contributed by atoms with Gasteiger partial charge in [-0.15, -0.1) is 18.3 Å². The van der Waals surface area contributed by atoms with Gasteiger partial charge in [-0.25, -0.2) is 0 Å². The molecule has 0 unspecified atom stereocenters. The molecular weight excluding hydrogens is 324 g/mol. The quantitative estimate of drug-likeness (QED) is 0.523. The van der Waals surface area contributed by atoms with Gasteiger partial charge in [0.05, 0.1) is 15.8 Å². The zero-order valence-corrected chi connectivity index (χ0v) is 14.4. The molecule has 23 heavy (non-hydrogen) atoms. The van der Waals surface area contributed by atoms with Crippen LogP contribution in [-0.4, -0.2) is 16.7 Å². The maximum atomic E-state index is 12.6. The predicted molar refractivity (Wildman–Crippen MR) is 98.1 cm³/mol. The highest BCUT2D eigenvalue weighted by Gasteiger charge is 2.11. The summed E-state index contributed by atoms with van der Waals surface area (Å²) < 4.78 is 3.13. The fraction of sp³-hybridized carbons (Fsp3) is 0.111. The topological polar surface area (TPSA) is 34.4 Å². The first-order valence-corrected chi connectivity index (χ1v) is 9.20. The Morgan fingerprint density at radius 3 is 2.78 bits per heavy atom. The number of nitrogens with zero attached hydrogens (tertiary/aromatic N) is 2. The molecule has 0 bridgehead atoms. The van der Waals surface area contributed by atoms with Crippen LogP contribution in [0.2, 0.25) is 0 Å². The molecule has 1 heterocycles. The fourth-order valence-corrected chi connectivity index (χ4v) is 4.01. The number of thiazole rings is 1. The number of amides is 1. The second-order valence-corrected chi connectivity index (χ2v) is 6.73. The van der Waals surface area contributed by atoms with Gasteiger partial charge in [-0.05, 0) is 30.5 Å². The average Bonchev–Trinajstić information content (AvgIpc) is 2.92. The highest BCUT2D eigenvalue weighted by atomic mass is 32.2. The van der Waals surface area contributed by atoms with E-state index in [1.165, 1.54) is 11.3 Å². The summed E-state index contributed by atoms with van der Waals surface area (Å²) in [5.74, 6) is -0.209. The molecule has 0 fully saturated rings. The minimum Gasteiger partial charge on any atom is -0.312 e. The molecule has 2 aromatic carbocycles.